The highest BCUT2D eigenvalue weighted by Crippen LogP contribution is 2.51. The number of carboxylic acids is 2. The van der Waals surface area contributed by atoms with E-state index in [1.54, 1.807) is 30.3 Å². The molecule has 4 N–H and O–H groups in total. The highest BCUT2D eigenvalue weighted by atomic mass is 31.2. The third-order valence-electron chi connectivity index (χ3n) is 3.86. The first-order valence-electron chi connectivity index (χ1n) is 6.78. The van der Waals surface area contributed by atoms with E-state index in [-0.39, 0.29) is 19.1 Å². The summed E-state index contributed by atoms with van der Waals surface area (Å²) in [6.45, 7) is -0.126. The van der Waals surface area contributed by atoms with Crippen molar-refractivity contribution in [2.75, 3.05) is 12.7 Å². The monoisotopic (exact) mass is 327 g/mol. The number of aliphatic carboxylic acids is 2. The van der Waals surface area contributed by atoms with Crippen molar-refractivity contribution in [1.29, 1.82) is 0 Å². The molecule has 0 bridgehead atoms. The van der Waals surface area contributed by atoms with Gasteiger partial charge in [-0.15, -0.1) is 0 Å². The van der Waals surface area contributed by atoms with Gasteiger partial charge in [-0.25, -0.2) is 0 Å². The fourth-order valence-electron chi connectivity index (χ4n) is 2.78. The molecule has 7 nitrogen and oxygen atoms in total. The Morgan fingerprint density at radius 1 is 1.27 bits per heavy atom. The van der Waals surface area contributed by atoms with Crippen molar-refractivity contribution in [3.63, 3.8) is 0 Å². The molecule has 8 heteroatoms. The molecule has 1 saturated heterocycles. The third kappa shape index (κ3) is 3.74. The Bertz CT molecular complexity index is 619. The van der Waals surface area contributed by atoms with Gasteiger partial charge >= 0.3 is 11.9 Å². The van der Waals surface area contributed by atoms with Crippen LogP contribution in [0.25, 0.3) is 0 Å². The molecule has 0 amide bonds. The number of benzene rings is 1. The second-order valence-electron chi connectivity index (χ2n) is 5.71. The Kier molecular flexibility index (Phi) is 4.70. The number of carbonyl (C=O) groups is 2. The van der Waals surface area contributed by atoms with Gasteiger partial charge in [0.25, 0.3) is 0 Å². The van der Waals surface area contributed by atoms with E-state index in [4.69, 9.17) is 5.11 Å². The molecule has 0 spiro atoms. The molecular formula is C14H18NO6P. The van der Waals surface area contributed by atoms with Gasteiger partial charge in [-0.1, -0.05) is 30.3 Å². The molecule has 2 rings (SSSR count). The molecule has 1 fully saturated rings. The predicted molar refractivity (Wildman–Crippen MR) is 79.0 cm³/mol. The molecule has 1 heterocycles. The number of rotatable bonds is 6. The van der Waals surface area contributed by atoms with Crippen LogP contribution in [0.4, 0.5) is 0 Å². The van der Waals surface area contributed by atoms with Crippen molar-refractivity contribution < 1.29 is 29.3 Å². The first kappa shape index (κ1) is 16.7. The lowest BCUT2D eigenvalue weighted by atomic mass is 9.88. The van der Waals surface area contributed by atoms with Crippen molar-refractivity contribution in [1.82, 2.24) is 5.32 Å². The Labute approximate surface area is 127 Å². The summed E-state index contributed by atoms with van der Waals surface area (Å²) in [6, 6.07) is 7.64. The molecule has 120 valence electrons. The van der Waals surface area contributed by atoms with E-state index in [1.807, 2.05) is 0 Å². The van der Waals surface area contributed by atoms with Crippen LogP contribution in [0.3, 0.4) is 0 Å². The normalized spacial score (nSPS) is 27.2. The number of nitrogens with one attached hydrogen (secondary N) is 1. The molecule has 1 aromatic rings. The first-order valence-corrected chi connectivity index (χ1v) is 8.81. The van der Waals surface area contributed by atoms with E-state index in [0.717, 1.165) is 0 Å². The minimum Gasteiger partial charge on any atom is -0.481 e. The number of carboxylic acid groups (broad SMARTS) is 2. The molecule has 1 aliphatic rings. The lowest BCUT2D eigenvalue weighted by Crippen LogP contribution is -2.37. The highest BCUT2D eigenvalue weighted by Gasteiger charge is 2.51. The van der Waals surface area contributed by atoms with Crippen LogP contribution in [-0.2, 0) is 20.3 Å². The van der Waals surface area contributed by atoms with Crippen molar-refractivity contribution in [3.05, 3.63) is 35.9 Å². The molecule has 22 heavy (non-hydrogen) atoms. The van der Waals surface area contributed by atoms with Gasteiger partial charge in [-0.3, -0.25) is 14.2 Å². The van der Waals surface area contributed by atoms with Gasteiger partial charge < -0.3 is 20.4 Å². The molecule has 0 aromatic heterocycles. The number of hydrogen-bond donors (Lipinski definition) is 4. The summed E-state index contributed by atoms with van der Waals surface area (Å²) in [5, 5.41) is 21.0. The van der Waals surface area contributed by atoms with E-state index in [9.17, 15) is 24.2 Å². The van der Waals surface area contributed by atoms with E-state index < -0.39 is 36.9 Å². The van der Waals surface area contributed by atoms with Crippen LogP contribution >= 0.6 is 7.37 Å². The minimum atomic E-state index is -3.75. The van der Waals surface area contributed by atoms with Crippen molar-refractivity contribution >= 4 is 19.3 Å². The van der Waals surface area contributed by atoms with Crippen LogP contribution < -0.4 is 5.32 Å². The molecule has 1 aromatic carbocycles. The first-order chi connectivity index (χ1) is 10.2. The van der Waals surface area contributed by atoms with Gasteiger partial charge in [0, 0.05) is 18.9 Å². The summed E-state index contributed by atoms with van der Waals surface area (Å²) in [5.41, 5.74) is -0.878. The van der Waals surface area contributed by atoms with E-state index in [2.05, 4.69) is 5.32 Å². The second kappa shape index (κ2) is 6.20. The maximum Gasteiger partial charge on any atom is 0.320 e. The fourth-order valence-corrected chi connectivity index (χ4v) is 4.99. The quantitative estimate of drug-likeness (QED) is 0.574. The maximum atomic E-state index is 12.4. The SMILES string of the molecule is O=C(O)C1CC(CP(=O)(O)Cc2ccccc2)(C(=O)O)CN1. The zero-order chi connectivity index (χ0) is 16.4. The average molecular weight is 327 g/mol. The van der Waals surface area contributed by atoms with Crippen LogP contribution in [0.2, 0.25) is 0 Å². The van der Waals surface area contributed by atoms with Gasteiger partial charge in [0.05, 0.1) is 5.41 Å². The summed E-state index contributed by atoms with van der Waals surface area (Å²) < 4.78 is 12.4. The van der Waals surface area contributed by atoms with Crippen LogP contribution in [0, 0.1) is 5.41 Å². The van der Waals surface area contributed by atoms with Gasteiger partial charge in [-0.2, -0.15) is 0 Å². The molecule has 1 aliphatic heterocycles. The van der Waals surface area contributed by atoms with Crippen LogP contribution in [0.15, 0.2) is 30.3 Å². The molecule has 3 unspecified atom stereocenters. The second-order valence-corrected chi connectivity index (χ2v) is 8.03. The Morgan fingerprint density at radius 2 is 1.91 bits per heavy atom. The lowest BCUT2D eigenvalue weighted by Gasteiger charge is -2.26. The fraction of sp³-hybridized carbons (Fsp3) is 0.429. The van der Waals surface area contributed by atoms with Gasteiger partial charge in [0.2, 0.25) is 7.37 Å². The van der Waals surface area contributed by atoms with Crippen LogP contribution in [-0.4, -0.2) is 45.8 Å². The average Bonchev–Trinajstić information content (AvgIpc) is 2.84. The zero-order valence-corrected chi connectivity index (χ0v) is 12.7. The maximum absolute atomic E-state index is 12.4. The molecule has 3 atom stereocenters. The largest absolute Gasteiger partial charge is 0.481 e. The van der Waals surface area contributed by atoms with Crippen molar-refractivity contribution in [3.8, 4) is 0 Å². The Hall–Kier alpha value is -1.69. The van der Waals surface area contributed by atoms with E-state index in [1.165, 1.54) is 0 Å². The minimum absolute atomic E-state index is 0.124. The van der Waals surface area contributed by atoms with Gasteiger partial charge in [-0.05, 0) is 12.0 Å². The van der Waals surface area contributed by atoms with Crippen LogP contribution in [0.1, 0.15) is 12.0 Å². The standard InChI is InChI=1S/C14H18NO6P/c16-12(17)11-6-14(8-15-11,13(18)19)9-22(20,21)7-10-4-2-1-3-5-10/h1-5,11,15H,6-9H2,(H,16,17)(H,18,19)(H,20,21). The topological polar surface area (TPSA) is 124 Å². The summed E-state index contributed by atoms with van der Waals surface area (Å²) in [6.07, 6.45) is -0.765. The van der Waals surface area contributed by atoms with Gasteiger partial charge in [0.1, 0.15) is 6.04 Å². The molecule has 0 saturated carbocycles. The van der Waals surface area contributed by atoms with Crippen molar-refractivity contribution in [2.24, 2.45) is 5.41 Å². The molecule has 0 aliphatic carbocycles. The summed E-state index contributed by atoms with van der Waals surface area (Å²) in [7, 11) is -3.75. The van der Waals surface area contributed by atoms with E-state index in [0.29, 0.717) is 5.56 Å². The molecule has 0 radical (unpaired) electrons. The summed E-state index contributed by atoms with van der Waals surface area (Å²) in [5.74, 6) is -2.40. The number of hydrogen-bond acceptors (Lipinski definition) is 4. The summed E-state index contributed by atoms with van der Waals surface area (Å²) >= 11 is 0. The van der Waals surface area contributed by atoms with Gasteiger partial charge in [0.15, 0.2) is 0 Å². The van der Waals surface area contributed by atoms with Crippen molar-refractivity contribution in [2.45, 2.75) is 18.6 Å². The Balaban J connectivity index is 2.16. The zero-order valence-electron chi connectivity index (χ0n) is 11.8. The smallest absolute Gasteiger partial charge is 0.320 e. The lowest BCUT2D eigenvalue weighted by molar-refractivity contribution is -0.147. The third-order valence-corrected chi connectivity index (χ3v) is 5.81. The Morgan fingerprint density at radius 3 is 2.41 bits per heavy atom. The predicted octanol–water partition coefficient (Wildman–Crippen LogP) is 0.974. The highest BCUT2D eigenvalue weighted by molar-refractivity contribution is 7.57. The van der Waals surface area contributed by atoms with E-state index >= 15 is 0 Å². The molecular weight excluding hydrogens is 309 g/mol. The summed E-state index contributed by atoms with van der Waals surface area (Å²) in [4.78, 5) is 32.7. The van der Waals surface area contributed by atoms with Crippen LogP contribution in [0.5, 0.6) is 0 Å².